The van der Waals surface area contributed by atoms with Crippen molar-refractivity contribution in [1.29, 1.82) is 0 Å². The third kappa shape index (κ3) is 5.15. The van der Waals surface area contributed by atoms with E-state index in [4.69, 9.17) is 0 Å². The van der Waals surface area contributed by atoms with E-state index in [1.54, 1.807) is 17.9 Å². The molecule has 3 heterocycles. The zero-order valence-electron chi connectivity index (χ0n) is 21.0. The number of allylic oxidation sites excluding steroid dienone is 1. The summed E-state index contributed by atoms with van der Waals surface area (Å²) in [6.07, 6.45) is 6.50. The SMILES string of the molecule is C=CCC1CC2(C1)CN(c1cc(Br)ccc1C(=O)Nc1cc(C)nc(N3CCC(F)(F)C(C=C)C3)n1)C2. The van der Waals surface area contributed by atoms with Gasteiger partial charge < -0.3 is 15.1 Å². The number of benzene rings is 1. The van der Waals surface area contributed by atoms with Crippen molar-refractivity contribution >= 4 is 39.3 Å². The van der Waals surface area contributed by atoms with Crippen LogP contribution in [0.15, 0.2) is 54.0 Å². The Bertz CT molecular complexity index is 1220. The van der Waals surface area contributed by atoms with Gasteiger partial charge in [0.15, 0.2) is 0 Å². The van der Waals surface area contributed by atoms with E-state index >= 15 is 0 Å². The van der Waals surface area contributed by atoms with Crippen LogP contribution in [0.5, 0.6) is 0 Å². The first kappa shape index (κ1) is 25.8. The highest BCUT2D eigenvalue weighted by Gasteiger charge is 2.52. The molecule has 2 saturated heterocycles. The van der Waals surface area contributed by atoms with Crippen LogP contribution in [0.25, 0.3) is 0 Å². The lowest BCUT2D eigenvalue weighted by Gasteiger charge is -2.60. The van der Waals surface area contributed by atoms with Crippen LogP contribution >= 0.6 is 15.9 Å². The molecule has 5 rings (SSSR count). The highest BCUT2D eigenvalue weighted by molar-refractivity contribution is 9.10. The number of anilines is 3. The van der Waals surface area contributed by atoms with Gasteiger partial charge in [-0.05, 0) is 50.3 Å². The lowest BCUT2D eigenvalue weighted by atomic mass is 9.57. The highest BCUT2D eigenvalue weighted by atomic mass is 79.9. The van der Waals surface area contributed by atoms with Crippen LogP contribution in [-0.4, -0.2) is 48.0 Å². The van der Waals surface area contributed by atoms with Crippen molar-refractivity contribution in [2.24, 2.45) is 17.3 Å². The standard InChI is InChI=1S/C28H32BrF2N5O/c1-4-6-19-13-27(14-19)16-36(17-27)23-12-21(29)7-8-22(23)25(37)33-24-11-18(3)32-26(34-24)35-10-9-28(30,31)20(5-2)15-35/h4-5,7-8,11-12,19-20H,1-2,6,9-10,13-17H2,3H3,(H,32,33,34,37). The first-order valence-corrected chi connectivity index (χ1v) is 13.5. The van der Waals surface area contributed by atoms with Crippen LogP contribution in [-0.2, 0) is 0 Å². The fraction of sp³-hybridized carbons (Fsp3) is 0.464. The highest BCUT2D eigenvalue weighted by Crippen LogP contribution is 2.54. The summed E-state index contributed by atoms with van der Waals surface area (Å²) in [5.74, 6) is -2.62. The Labute approximate surface area is 225 Å². The Balaban J connectivity index is 1.31. The zero-order valence-corrected chi connectivity index (χ0v) is 22.6. The molecule has 1 saturated carbocycles. The van der Waals surface area contributed by atoms with Gasteiger partial charge in [-0.2, -0.15) is 4.98 Å². The molecule has 1 amide bonds. The molecule has 3 aliphatic rings. The van der Waals surface area contributed by atoms with Crippen LogP contribution in [0.1, 0.15) is 41.7 Å². The van der Waals surface area contributed by atoms with Crippen molar-refractivity contribution in [2.45, 2.75) is 38.5 Å². The molecule has 1 spiro atoms. The minimum absolute atomic E-state index is 0.0779. The Kier molecular flexibility index (Phi) is 6.85. The summed E-state index contributed by atoms with van der Waals surface area (Å²) >= 11 is 3.55. The largest absolute Gasteiger partial charge is 0.370 e. The number of rotatable bonds is 7. The number of nitrogens with zero attached hydrogens (tertiary/aromatic N) is 4. The molecule has 1 aromatic heterocycles. The molecular weight excluding hydrogens is 540 g/mol. The number of carbonyl (C=O) groups excluding carboxylic acids is 1. The van der Waals surface area contributed by atoms with Gasteiger partial charge in [-0.3, -0.25) is 4.79 Å². The van der Waals surface area contributed by atoms with E-state index in [0.29, 0.717) is 28.4 Å². The number of halogens is 3. The summed E-state index contributed by atoms with van der Waals surface area (Å²) in [6, 6.07) is 7.35. The molecule has 1 N–H and O–H groups in total. The quantitative estimate of drug-likeness (QED) is 0.398. The van der Waals surface area contributed by atoms with Crippen LogP contribution in [0.3, 0.4) is 0 Å². The van der Waals surface area contributed by atoms with Gasteiger partial charge in [-0.15, -0.1) is 13.2 Å². The molecule has 0 bridgehead atoms. The van der Waals surface area contributed by atoms with Gasteiger partial charge in [0.05, 0.1) is 17.2 Å². The first-order chi connectivity index (χ1) is 17.6. The average molecular weight is 572 g/mol. The second-order valence-corrected chi connectivity index (χ2v) is 11.7. The lowest BCUT2D eigenvalue weighted by Crippen LogP contribution is -2.62. The minimum Gasteiger partial charge on any atom is -0.370 e. The van der Waals surface area contributed by atoms with Gasteiger partial charge >= 0.3 is 0 Å². The summed E-state index contributed by atoms with van der Waals surface area (Å²) in [7, 11) is 0. The summed E-state index contributed by atoms with van der Waals surface area (Å²) in [4.78, 5) is 26.4. The Morgan fingerprint density at radius 2 is 1.97 bits per heavy atom. The molecule has 2 aliphatic heterocycles. The summed E-state index contributed by atoms with van der Waals surface area (Å²) in [5, 5.41) is 2.92. The topological polar surface area (TPSA) is 61.4 Å². The molecule has 196 valence electrons. The Hall–Kier alpha value is -2.81. The van der Waals surface area contributed by atoms with E-state index in [2.05, 4.69) is 49.3 Å². The van der Waals surface area contributed by atoms with Crippen LogP contribution in [0.4, 0.5) is 26.2 Å². The van der Waals surface area contributed by atoms with E-state index in [0.717, 1.165) is 35.6 Å². The Morgan fingerprint density at radius 3 is 2.68 bits per heavy atom. The van der Waals surface area contributed by atoms with E-state index in [1.165, 1.54) is 18.9 Å². The third-order valence-electron chi connectivity index (χ3n) is 7.87. The number of piperidine rings is 1. The van der Waals surface area contributed by atoms with Crippen molar-refractivity contribution in [1.82, 2.24) is 9.97 Å². The van der Waals surface area contributed by atoms with Gasteiger partial charge in [0.1, 0.15) is 5.82 Å². The molecule has 6 nitrogen and oxygen atoms in total. The molecule has 0 radical (unpaired) electrons. The van der Waals surface area contributed by atoms with Crippen LogP contribution < -0.4 is 15.1 Å². The molecule has 1 aliphatic carbocycles. The normalized spacial score (nSPS) is 22.2. The van der Waals surface area contributed by atoms with Gasteiger partial charge in [-0.1, -0.05) is 28.1 Å². The maximum absolute atomic E-state index is 14.2. The van der Waals surface area contributed by atoms with Gasteiger partial charge in [-0.25, -0.2) is 13.8 Å². The predicted octanol–water partition coefficient (Wildman–Crippen LogP) is 6.24. The van der Waals surface area contributed by atoms with Crippen molar-refractivity contribution in [3.05, 3.63) is 65.3 Å². The number of amides is 1. The molecule has 9 heteroatoms. The van der Waals surface area contributed by atoms with E-state index in [9.17, 15) is 13.6 Å². The first-order valence-electron chi connectivity index (χ1n) is 12.7. The van der Waals surface area contributed by atoms with Gasteiger partial charge in [0.25, 0.3) is 11.8 Å². The van der Waals surface area contributed by atoms with Gasteiger partial charge in [0, 0.05) is 54.2 Å². The summed E-state index contributed by atoms with van der Waals surface area (Å²) < 4.78 is 29.2. The lowest BCUT2D eigenvalue weighted by molar-refractivity contribution is -0.0545. The van der Waals surface area contributed by atoms with Gasteiger partial charge in [0.2, 0.25) is 5.95 Å². The molecule has 2 aromatic rings. The number of aromatic nitrogens is 2. The summed E-state index contributed by atoms with van der Waals surface area (Å²) in [6.45, 7) is 11.3. The van der Waals surface area contributed by atoms with Crippen molar-refractivity contribution in [3.8, 4) is 0 Å². The number of hydrogen-bond acceptors (Lipinski definition) is 5. The second-order valence-electron chi connectivity index (χ2n) is 10.8. The zero-order chi connectivity index (χ0) is 26.4. The molecule has 1 unspecified atom stereocenters. The van der Waals surface area contributed by atoms with Crippen molar-refractivity contribution in [2.75, 3.05) is 41.3 Å². The summed E-state index contributed by atoms with van der Waals surface area (Å²) in [5.41, 5.74) is 2.47. The number of carbonyl (C=O) groups is 1. The average Bonchev–Trinajstić information content (AvgIpc) is 2.79. The molecular formula is C28H32BrF2N5O. The number of aryl methyl sites for hydroxylation is 1. The van der Waals surface area contributed by atoms with E-state index < -0.39 is 11.8 Å². The van der Waals surface area contributed by atoms with E-state index in [-0.39, 0.29) is 25.4 Å². The van der Waals surface area contributed by atoms with E-state index in [1.807, 2.05) is 24.3 Å². The predicted molar refractivity (Wildman–Crippen MR) is 147 cm³/mol. The Morgan fingerprint density at radius 1 is 1.22 bits per heavy atom. The molecule has 1 atom stereocenters. The maximum atomic E-state index is 14.2. The number of alkyl halides is 2. The third-order valence-corrected chi connectivity index (χ3v) is 8.36. The number of hydrogen-bond donors (Lipinski definition) is 1. The molecule has 1 aromatic carbocycles. The fourth-order valence-corrected chi connectivity index (χ4v) is 6.37. The van der Waals surface area contributed by atoms with Crippen molar-refractivity contribution in [3.63, 3.8) is 0 Å². The second kappa shape index (κ2) is 9.82. The fourth-order valence-electron chi connectivity index (χ4n) is 6.02. The molecule has 3 fully saturated rings. The smallest absolute Gasteiger partial charge is 0.258 e. The monoisotopic (exact) mass is 571 g/mol. The minimum atomic E-state index is -2.79. The maximum Gasteiger partial charge on any atom is 0.258 e. The van der Waals surface area contributed by atoms with Crippen molar-refractivity contribution < 1.29 is 13.6 Å². The number of nitrogens with one attached hydrogen (secondary N) is 1. The van der Waals surface area contributed by atoms with Crippen LogP contribution in [0, 0.1) is 24.2 Å². The molecule has 37 heavy (non-hydrogen) atoms. The van der Waals surface area contributed by atoms with Crippen LogP contribution in [0.2, 0.25) is 0 Å².